The van der Waals surface area contributed by atoms with Gasteiger partial charge >= 0.3 is 5.97 Å². The number of aryl methyl sites for hydroxylation is 1. The highest BCUT2D eigenvalue weighted by Crippen LogP contribution is 2.06. The minimum absolute atomic E-state index is 0.449. The molecule has 0 bridgehead atoms. The summed E-state index contributed by atoms with van der Waals surface area (Å²) in [6.07, 6.45) is 2.87. The van der Waals surface area contributed by atoms with Crippen LogP contribution in [0.15, 0.2) is 60.7 Å². The zero-order chi connectivity index (χ0) is 15.1. The standard InChI is InChI=1S/C17H15NO3/c1-13-7-5-6-10-15(13)17(20)18-21-16(19)12-11-14-8-3-2-4-9-14/h2-12H,1H3,(H,18,20)/b12-11-. The molecule has 4 nitrogen and oxygen atoms in total. The van der Waals surface area contributed by atoms with Gasteiger partial charge in [0, 0.05) is 11.6 Å². The zero-order valence-electron chi connectivity index (χ0n) is 11.6. The Bertz CT molecular complexity index is 663. The van der Waals surface area contributed by atoms with Crippen molar-refractivity contribution in [2.45, 2.75) is 6.92 Å². The molecule has 0 heterocycles. The second kappa shape index (κ2) is 7.05. The SMILES string of the molecule is Cc1ccccc1C(=O)NOC(=O)/C=C\c1ccccc1. The van der Waals surface area contributed by atoms with Gasteiger partial charge in [0.1, 0.15) is 0 Å². The summed E-state index contributed by atoms with van der Waals surface area (Å²) < 4.78 is 0. The molecule has 0 saturated heterocycles. The highest BCUT2D eigenvalue weighted by atomic mass is 16.7. The van der Waals surface area contributed by atoms with Crippen molar-refractivity contribution in [1.29, 1.82) is 0 Å². The maximum absolute atomic E-state index is 11.8. The van der Waals surface area contributed by atoms with Crippen LogP contribution >= 0.6 is 0 Å². The van der Waals surface area contributed by atoms with E-state index in [1.54, 1.807) is 18.2 Å². The number of amides is 1. The molecule has 106 valence electrons. The van der Waals surface area contributed by atoms with Gasteiger partial charge in [0.15, 0.2) is 0 Å². The average Bonchev–Trinajstić information content (AvgIpc) is 2.52. The van der Waals surface area contributed by atoms with Crippen molar-refractivity contribution in [3.8, 4) is 0 Å². The van der Waals surface area contributed by atoms with Crippen LogP contribution in [-0.4, -0.2) is 11.9 Å². The fraction of sp³-hybridized carbons (Fsp3) is 0.0588. The van der Waals surface area contributed by atoms with Crippen molar-refractivity contribution in [1.82, 2.24) is 5.48 Å². The molecule has 0 aliphatic rings. The molecule has 2 rings (SSSR count). The molecular formula is C17H15NO3. The Labute approximate surface area is 123 Å². The predicted octanol–water partition coefficient (Wildman–Crippen LogP) is 2.90. The Morgan fingerprint density at radius 1 is 1.00 bits per heavy atom. The van der Waals surface area contributed by atoms with Crippen molar-refractivity contribution in [2.75, 3.05) is 0 Å². The lowest BCUT2D eigenvalue weighted by molar-refractivity contribution is -0.142. The Balaban J connectivity index is 1.88. The Hall–Kier alpha value is -2.88. The minimum Gasteiger partial charge on any atom is -0.336 e. The van der Waals surface area contributed by atoms with Crippen LogP contribution < -0.4 is 5.48 Å². The van der Waals surface area contributed by atoms with Gasteiger partial charge in [-0.2, -0.15) is 5.48 Å². The van der Waals surface area contributed by atoms with E-state index in [2.05, 4.69) is 5.48 Å². The number of hydroxylamine groups is 1. The van der Waals surface area contributed by atoms with Gasteiger partial charge in [-0.25, -0.2) is 4.79 Å². The maximum atomic E-state index is 11.8. The van der Waals surface area contributed by atoms with E-state index in [-0.39, 0.29) is 0 Å². The highest BCUT2D eigenvalue weighted by Gasteiger charge is 2.09. The summed E-state index contributed by atoms with van der Waals surface area (Å²) in [7, 11) is 0. The van der Waals surface area contributed by atoms with E-state index < -0.39 is 11.9 Å². The second-order valence-electron chi connectivity index (χ2n) is 4.41. The van der Waals surface area contributed by atoms with E-state index >= 15 is 0 Å². The van der Waals surface area contributed by atoms with Gasteiger partial charge in [0.05, 0.1) is 0 Å². The van der Waals surface area contributed by atoms with E-state index in [4.69, 9.17) is 4.84 Å². The van der Waals surface area contributed by atoms with Crippen molar-refractivity contribution in [2.24, 2.45) is 0 Å². The number of nitrogens with one attached hydrogen (secondary N) is 1. The first kappa shape index (κ1) is 14.5. The number of hydrogen-bond donors (Lipinski definition) is 1. The van der Waals surface area contributed by atoms with Gasteiger partial charge in [-0.05, 0) is 30.2 Å². The molecule has 0 saturated carbocycles. The lowest BCUT2D eigenvalue weighted by atomic mass is 10.1. The summed E-state index contributed by atoms with van der Waals surface area (Å²) in [4.78, 5) is 28.1. The molecule has 2 aromatic carbocycles. The van der Waals surface area contributed by atoms with Crippen molar-refractivity contribution in [3.63, 3.8) is 0 Å². The molecule has 0 atom stereocenters. The molecule has 1 amide bonds. The van der Waals surface area contributed by atoms with E-state index in [0.29, 0.717) is 5.56 Å². The lowest BCUT2D eigenvalue weighted by Crippen LogP contribution is -2.26. The zero-order valence-corrected chi connectivity index (χ0v) is 11.6. The number of hydrogen-bond acceptors (Lipinski definition) is 3. The maximum Gasteiger partial charge on any atom is 0.355 e. The van der Waals surface area contributed by atoms with Crippen molar-refractivity contribution < 1.29 is 14.4 Å². The first-order chi connectivity index (χ1) is 10.2. The quantitative estimate of drug-likeness (QED) is 0.695. The summed E-state index contributed by atoms with van der Waals surface area (Å²) in [5.74, 6) is -1.09. The van der Waals surface area contributed by atoms with E-state index in [9.17, 15) is 9.59 Å². The van der Waals surface area contributed by atoms with Gasteiger partial charge in [-0.3, -0.25) is 4.79 Å². The van der Waals surface area contributed by atoms with E-state index in [1.165, 1.54) is 6.08 Å². The average molecular weight is 281 g/mol. The van der Waals surface area contributed by atoms with Crippen LogP contribution in [0.4, 0.5) is 0 Å². The molecule has 0 fully saturated rings. The molecule has 1 N–H and O–H groups in total. The van der Waals surface area contributed by atoms with Crippen LogP contribution in [0, 0.1) is 6.92 Å². The fourth-order valence-electron chi connectivity index (χ4n) is 1.74. The third-order valence-corrected chi connectivity index (χ3v) is 2.85. The number of rotatable bonds is 3. The van der Waals surface area contributed by atoms with Gasteiger partial charge in [-0.1, -0.05) is 48.5 Å². The molecule has 21 heavy (non-hydrogen) atoms. The number of benzene rings is 2. The number of carbonyl (C=O) groups is 2. The number of carbonyl (C=O) groups excluding carboxylic acids is 2. The Kier molecular flexibility index (Phi) is 4.88. The summed E-state index contributed by atoms with van der Waals surface area (Å²) in [5, 5.41) is 0. The molecule has 0 radical (unpaired) electrons. The first-order valence-corrected chi connectivity index (χ1v) is 6.47. The third kappa shape index (κ3) is 4.31. The van der Waals surface area contributed by atoms with Crippen LogP contribution in [-0.2, 0) is 9.63 Å². The molecule has 0 spiro atoms. The van der Waals surface area contributed by atoms with E-state index in [1.807, 2.05) is 49.4 Å². The van der Waals surface area contributed by atoms with Gasteiger partial charge < -0.3 is 4.84 Å². The summed E-state index contributed by atoms with van der Waals surface area (Å²) in [6, 6.07) is 16.4. The second-order valence-corrected chi connectivity index (χ2v) is 4.41. The molecule has 0 unspecified atom stereocenters. The van der Waals surface area contributed by atoms with Crippen LogP contribution in [0.3, 0.4) is 0 Å². The fourth-order valence-corrected chi connectivity index (χ4v) is 1.74. The van der Waals surface area contributed by atoms with Crippen LogP contribution in [0.2, 0.25) is 0 Å². The Morgan fingerprint density at radius 3 is 2.38 bits per heavy atom. The van der Waals surface area contributed by atoms with Crippen LogP contribution in [0.1, 0.15) is 21.5 Å². The third-order valence-electron chi connectivity index (χ3n) is 2.85. The highest BCUT2D eigenvalue weighted by molar-refractivity contribution is 5.96. The van der Waals surface area contributed by atoms with E-state index in [0.717, 1.165) is 11.1 Å². The molecule has 2 aromatic rings. The monoisotopic (exact) mass is 281 g/mol. The molecule has 0 aliphatic carbocycles. The largest absolute Gasteiger partial charge is 0.355 e. The first-order valence-electron chi connectivity index (χ1n) is 6.47. The molecule has 4 heteroatoms. The summed E-state index contributed by atoms with van der Waals surface area (Å²) >= 11 is 0. The molecule has 0 aliphatic heterocycles. The molecule has 0 aromatic heterocycles. The predicted molar refractivity (Wildman–Crippen MR) is 80.2 cm³/mol. The van der Waals surface area contributed by atoms with Gasteiger partial charge in [0.2, 0.25) is 0 Å². The van der Waals surface area contributed by atoms with Crippen molar-refractivity contribution in [3.05, 3.63) is 77.4 Å². The smallest absolute Gasteiger partial charge is 0.336 e. The van der Waals surface area contributed by atoms with Gasteiger partial charge in [0.25, 0.3) is 5.91 Å². The normalized spacial score (nSPS) is 10.3. The van der Waals surface area contributed by atoms with Crippen LogP contribution in [0.25, 0.3) is 6.08 Å². The van der Waals surface area contributed by atoms with Gasteiger partial charge in [-0.15, -0.1) is 0 Å². The summed E-state index contributed by atoms with van der Waals surface area (Å²) in [6.45, 7) is 1.81. The van der Waals surface area contributed by atoms with Crippen LogP contribution in [0.5, 0.6) is 0 Å². The lowest BCUT2D eigenvalue weighted by Gasteiger charge is -2.05. The Morgan fingerprint density at radius 2 is 1.67 bits per heavy atom. The van der Waals surface area contributed by atoms with Crippen molar-refractivity contribution >= 4 is 18.0 Å². The summed E-state index contributed by atoms with van der Waals surface area (Å²) in [5.41, 5.74) is 4.29. The molecular weight excluding hydrogens is 266 g/mol. The topological polar surface area (TPSA) is 55.4 Å². The minimum atomic E-state index is -0.638.